The molecule has 1 fully saturated rings. The van der Waals surface area contributed by atoms with Crippen LogP contribution in [0.2, 0.25) is 0 Å². The highest BCUT2D eigenvalue weighted by Crippen LogP contribution is 2.17. The summed E-state index contributed by atoms with van der Waals surface area (Å²) in [7, 11) is 1.68. The van der Waals surface area contributed by atoms with Gasteiger partial charge in [0.2, 0.25) is 0 Å². The Morgan fingerprint density at radius 2 is 2.44 bits per heavy atom. The first kappa shape index (κ1) is 13.9. The first-order valence-electron chi connectivity index (χ1n) is 6.32. The van der Waals surface area contributed by atoms with Crippen molar-refractivity contribution in [3.05, 3.63) is 0 Å². The lowest BCUT2D eigenvalue weighted by molar-refractivity contribution is 0.0939. The molecule has 2 unspecified atom stereocenters. The normalized spacial score (nSPS) is 22.5. The van der Waals surface area contributed by atoms with Crippen molar-refractivity contribution in [3.63, 3.8) is 0 Å². The van der Waals surface area contributed by atoms with Gasteiger partial charge >= 0.3 is 0 Å². The summed E-state index contributed by atoms with van der Waals surface area (Å²) in [5.74, 6) is 0. The summed E-state index contributed by atoms with van der Waals surface area (Å²) in [6.45, 7) is 3.09. The Morgan fingerprint density at radius 3 is 3.12 bits per heavy atom. The number of hydrogen-bond donors (Lipinski definition) is 2. The van der Waals surface area contributed by atoms with Gasteiger partial charge in [-0.2, -0.15) is 0 Å². The van der Waals surface area contributed by atoms with E-state index >= 15 is 0 Å². The van der Waals surface area contributed by atoms with Crippen LogP contribution >= 0.6 is 0 Å². The Balaban J connectivity index is 1.87. The SMILES string of the molecule is COCCNCC(O)CCCC1CCCO1. The second-order valence-electron chi connectivity index (χ2n) is 4.42. The fraction of sp³-hybridized carbons (Fsp3) is 1.00. The predicted molar refractivity (Wildman–Crippen MR) is 63.6 cm³/mol. The molecule has 0 saturated carbocycles. The van der Waals surface area contributed by atoms with E-state index in [4.69, 9.17) is 9.47 Å². The highest BCUT2D eigenvalue weighted by molar-refractivity contribution is 4.67. The molecule has 0 amide bonds. The van der Waals surface area contributed by atoms with Crippen LogP contribution in [-0.2, 0) is 9.47 Å². The van der Waals surface area contributed by atoms with Crippen molar-refractivity contribution in [1.82, 2.24) is 5.32 Å². The van der Waals surface area contributed by atoms with Crippen LogP contribution in [0.4, 0.5) is 0 Å². The van der Waals surface area contributed by atoms with Gasteiger partial charge in [-0.3, -0.25) is 0 Å². The molecule has 96 valence electrons. The zero-order valence-electron chi connectivity index (χ0n) is 10.3. The lowest BCUT2D eigenvalue weighted by atomic mass is 10.1. The molecular weight excluding hydrogens is 206 g/mol. The fourth-order valence-corrected chi connectivity index (χ4v) is 2.00. The van der Waals surface area contributed by atoms with Gasteiger partial charge in [-0.05, 0) is 32.1 Å². The number of aliphatic hydroxyl groups excluding tert-OH is 1. The van der Waals surface area contributed by atoms with Crippen LogP contribution in [0.1, 0.15) is 32.1 Å². The molecule has 1 rings (SSSR count). The highest BCUT2D eigenvalue weighted by Gasteiger charge is 2.15. The van der Waals surface area contributed by atoms with Crippen LogP contribution < -0.4 is 5.32 Å². The summed E-state index contributed by atoms with van der Waals surface area (Å²) in [5.41, 5.74) is 0. The highest BCUT2D eigenvalue weighted by atomic mass is 16.5. The van der Waals surface area contributed by atoms with E-state index in [1.807, 2.05) is 0 Å². The molecule has 4 nitrogen and oxygen atoms in total. The predicted octanol–water partition coefficient (Wildman–Crippen LogP) is 0.933. The number of rotatable bonds is 9. The van der Waals surface area contributed by atoms with Gasteiger partial charge in [0.15, 0.2) is 0 Å². The summed E-state index contributed by atoms with van der Waals surface area (Å²) in [6, 6.07) is 0. The van der Waals surface area contributed by atoms with Crippen LogP contribution in [-0.4, -0.2) is 50.7 Å². The molecule has 1 aliphatic heterocycles. The summed E-state index contributed by atoms with van der Waals surface area (Å²) in [5, 5.41) is 12.8. The maximum absolute atomic E-state index is 9.68. The molecule has 0 bridgehead atoms. The Morgan fingerprint density at radius 1 is 1.56 bits per heavy atom. The minimum absolute atomic E-state index is 0.238. The molecule has 0 aromatic heterocycles. The molecule has 16 heavy (non-hydrogen) atoms. The van der Waals surface area contributed by atoms with Gasteiger partial charge in [0.1, 0.15) is 0 Å². The Bertz CT molecular complexity index is 160. The molecular formula is C12H25NO3. The third-order valence-electron chi connectivity index (χ3n) is 2.95. The van der Waals surface area contributed by atoms with Gasteiger partial charge in [-0.15, -0.1) is 0 Å². The van der Waals surface area contributed by atoms with Crippen molar-refractivity contribution in [2.75, 3.05) is 33.4 Å². The summed E-state index contributed by atoms with van der Waals surface area (Å²) >= 11 is 0. The number of ether oxygens (including phenoxy) is 2. The monoisotopic (exact) mass is 231 g/mol. The van der Waals surface area contributed by atoms with Gasteiger partial charge in [0.05, 0.1) is 18.8 Å². The van der Waals surface area contributed by atoms with Crippen molar-refractivity contribution in [1.29, 1.82) is 0 Å². The van der Waals surface area contributed by atoms with Gasteiger partial charge in [-0.25, -0.2) is 0 Å². The Labute approximate surface area is 98.3 Å². The minimum Gasteiger partial charge on any atom is -0.392 e. The van der Waals surface area contributed by atoms with E-state index in [1.165, 1.54) is 12.8 Å². The maximum Gasteiger partial charge on any atom is 0.0664 e. The maximum atomic E-state index is 9.68. The van der Waals surface area contributed by atoms with E-state index in [2.05, 4.69) is 5.32 Å². The lowest BCUT2D eigenvalue weighted by Gasteiger charge is -2.13. The van der Waals surface area contributed by atoms with Crippen molar-refractivity contribution in [2.24, 2.45) is 0 Å². The van der Waals surface area contributed by atoms with E-state index in [0.717, 1.165) is 32.4 Å². The molecule has 0 radical (unpaired) electrons. The zero-order valence-corrected chi connectivity index (χ0v) is 10.3. The van der Waals surface area contributed by atoms with Crippen LogP contribution in [0.5, 0.6) is 0 Å². The lowest BCUT2D eigenvalue weighted by Crippen LogP contribution is -2.29. The second kappa shape index (κ2) is 8.93. The van der Waals surface area contributed by atoms with E-state index in [9.17, 15) is 5.11 Å². The number of hydrogen-bond acceptors (Lipinski definition) is 4. The fourth-order valence-electron chi connectivity index (χ4n) is 2.00. The number of aliphatic hydroxyl groups is 1. The minimum atomic E-state index is -0.238. The molecule has 2 atom stereocenters. The molecule has 1 saturated heterocycles. The van der Waals surface area contributed by atoms with E-state index < -0.39 is 0 Å². The zero-order chi connectivity index (χ0) is 11.6. The van der Waals surface area contributed by atoms with Crippen LogP contribution in [0.25, 0.3) is 0 Å². The number of nitrogens with one attached hydrogen (secondary N) is 1. The molecule has 4 heteroatoms. The average molecular weight is 231 g/mol. The molecule has 0 aromatic carbocycles. The Kier molecular flexibility index (Phi) is 7.76. The van der Waals surface area contributed by atoms with Crippen molar-refractivity contribution >= 4 is 0 Å². The molecule has 0 spiro atoms. The van der Waals surface area contributed by atoms with E-state index in [-0.39, 0.29) is 6.10 Å². The topological polar surface area (TPSA) is 50.7 Å². The summed E-state index contributed by atoms with van der Waals surface area (Å²) < 4.78 is 10.4. The van der Waals surface area contributed by atoms with Gasteiger partial charge in [0, 0.05) is 26.8 Å². The third-order valence-corrected chi connectivity index (χ3v) is 2.95. The molecule has 2 N–H and O–H groups in total. The summed E-state index contributed by atoms with van der Waals surface area (Å²) in [6.07, 6.45) is 5.62. The van der Waals surface area contributed by atoms with Crippen molar-refractivity contribution < 1.29 is 14.6 Å². The van der Waals surface area contributed by atoms with Gasteiger partial charge < -0.3 is 19.9 Å². The van der Waals surface area contributed by atoms with Gasteiger partial charge in [0.25, 0.3) is 0 Å². The molecule has 0 aliphatic carbocycles. The Hall–Kier alpha value is -0.160. The average Bonchev–Trinajstić information content (AvgIpc) is 2.77. The standard InChI is InChI=1S/C12H25NO3/c1-15-9-7-13-10-11(14)4-2-5-12-6-3-8-16-12/h11-14H,2-10H2,1H3. The third kappa shape index (κ3) is 6.43. The first-order valence-corrected chi connectivity index (χ1v) is 6.32. The van der Waals surface area contributed by atoms with Crippen LogP contribution in [0, 0.1) is 0 Å². The largest absolute Gasteiger partial charge is 0.392 e. The van der Waals surface area contributed by atoms with Crippen molar-refractivity contribution in [2.45, 2.75) is 44.3 Å². The molecule has 1 heterocycles. The van der Waals surface area contributed by atoms with Crippen LogP contribution in [0.3, 0.4) is 0 Å². The smallest absolute Gasteiger partial charge is 0.0664 e. The first-order chi connectivity index (χ1) is 7.83. The van der Waals surface area contributed by atoms with E-state index in [0.29, 0.717) is 19.3 Å². The van der Waals surface area contributed by atoms with Gasteiger partial charge in [-0.1, -0.05) is 0 Å². The second-order valence-corrected chi connectivity index (χ2v) is 4.42. The molecule has 1 aliphatic rings. The van der Waals surface area contributed by atoms with Crippen LogP contribution in [0.15, 0.2) is 0 Å². The van der Waals surface area contributed by atoms with E-state index in [1.54, 1.807) is 7.11 Å². The summed E-state index contributed by atoms with van der Waals surface area (Å²) in [4.78, 5) is 0. The molecule has 0 aromatic rings. The number of methoxy groups -OCH3 is 1. The quantitative estimate of drug-likeness (QED) is 0.580. The van der Waals surface area contributed by atoms with Crippen molar-refractivity contribution in [3.8, 4) is 0 Å².